The maximum Gasteiger partial charge on any atom is 0.308 e. The minimum absolute atomic E-state index is 0.0248. The van der Waals surface area contributed by atoms with E-state index in [-0.39, 0.29) is 54.3 Å². The average molecular weight is 879 g/mol. The quantitative estimate of drug-likeness (QED) is 0.0405. The monoisotopic (exact) mass is 879 g/mol. The van der Waals surface area contributed by atoms with Crippen molar-refractivity contribution in [3.8, 4) is 0 Å². The van der Waals surface area contributed by atoms with Crippen molar-refractivity contribution >= 4 is 29.7 Å². The predicted octanol–water partition coefficient (Wildman–Crippen LogP) is 11.1. The van der Waals surface area contributed by atoms with Crippen LogP contribution in [-0.4, -0.2) is 87.5 Å². The maximum absolute atomic E-state index is 13.3. The number of ether oxygens (including phenoxy) is 2. The van der Waals surface area contributed by atoms with E-state index in [1.807, 2.05) is 19.0 Å². The first kappa shape index (κ1) is 59.3. The zero-order valence-corrected chi connectivity index (χ0v) is 41.2. The van der Waals surface area contributed by atoms with Gasteiger partial charge in [0.05, 0.1) is 25.0 Å². The molecule has 0 spiro atoms. The van der Waals surface area contributed by atoms with E-state index in [2.05, 4.69) is 43.6 Å². The van der Waals surface area contributed by atoms with Crippen LogP contribution in [0.25, 0.3) is 0 Å². The standard InChI is InChI=1S/C51H98N4O7/c1-7-11-15-19-21-25-34-44(32-23-17-13-9-3)50(59)61-42-29-27-39-52-47(56)38-37-46(54-48(57)36-31-41-55(5)6)49(58)53-40-28-30-43-62-51(60)45(33-24-18-14-10-4)35-26-22-20-16-12-8-2/h44-46H,7-43H2,1-6H3,(H,52,56)(H,53,58)(H,54,57). The van der Waals surface area contributed by atoms with Gasteiger partial charge in [-0.05, 0) is 84.8 Å². The van der Waals surface area contributed by atoms with Gasteiger partial charge in [0, 0.05) is 25.9 Å². The van der Waals surface area contributed by atoms with Gasteiger partial charge in [-0.25, -0.2) is 0 Å². The van der Waals surface area contributed by atoms with E-state index in [0.717, 1.165) is 70.8 Å². The van der Waals surface area contributed by atoms with Crippen molar-refractivity contribution in [2.75, 3.05) is 46.9 Å². The van der Waals surface area contributed by atoms with Crippen molar-refractivity contribution in [1.29, 1.82) is 0 Å². The van der Waals surface area contributed by atoms with Gasteiger partial charge in [0.1, 0.15) is 6.04 Å². The molecule has 364 valence electrons. The van der Waals surface area contributed by atoms with Crippen molar-refractivity contribution in [3.63, 3.8) is 0 Å². The lowest BCUT2D eigenvalue weighted by molar-refractivity contribution is -0.150. The molecule has 0 heterocycles. The first-order valence-corrected chi connectivity index (χ1v) is 25.9. The summed E-state index contributed by atoms with van der Waals surface area (Å²) in [7, 11) is 3.90. The minimum atomic E-state index is -0.827. The van der Waals surface area contributed by atoms with E-state index in [0.29, 0.717) is 64.8 Å². The van der Waals surface area contributed by atoms with Gasteiger partial charge in [-0.15, -0.1) is 0 Å². The summed E-state index contributed by atoms with van der Waals surface area (Å²) in [5, 5.41) is 8.72. The molecular weight excluding hydrogens is 781 g/mol. The smallest absolute Gasteiger partial charge is 0.308 e. The molecule has 0 saturated heterocycles. The number of hydrogen-bond acceptors (Lipinski definition) is 8. The van der Waals surface area contributed by atoms with Crippen LogP contribution in [0.3, 0.4) is 0 Å². The normalized spacial score (nSPS) is 12.8. The fraction of sp³-hybridized carbons (Fsp3) is 0.902. The highest BCUT2D eigenvalue weighted by atomic mass is 16.5. The molecule has 0 fully saturated rings. The van der Waals surface area contributed by atoms with Crippen LogP contribution < -0.4 is 16.0 Å². The topological polar surface area (TPSA) is 143 Å². The Labute approximate surface area is 380 Å². The second-order valence-corrected chi connectivity index (χ2v) is 18.2. The second-order valence-electron chi connectivity index (χ2n) is 18.2. The van der Waals surface area contributed by atoms with Gasteiger partial charge in [0.15, 0.2) is 0 Å². The molecule has 0 radical (unpaired) electrons. The number of unbranched alkanes of at least 4 members (excludes halogenated alkanes) is 18. The first-order valence-electron chi connectivity index (χ1n) is 25.9. The molecule has 0 aromatic heterocycles. The molecule has 11 heteroatoms. The zero-order valence-electron chi connectivity index (χ0n) is 41.2. The van der Waals surface area contributed by atoms with Gasteiger partial charge in [0.2, 0.25) is 17.7 Å². The lowest BCUT2D eigenvalue weighted by atomic mass is 9.94. The average Bonchev–Trinajstić information content (AvgIpc) is 3.25. The van der Waals surface area contributed by atoms with Gasteiger partial charge in [-0.3, -0.25) is 24.0 Å². The van der Waals surface area contributed by atoms with Crippen LogP contribution in [0.15, 0.2) is 0 Å². The zero-order chi connectivity index (χ0) is 45.9. The molecule has 62 heavy (non-hydrogen) atoms. The van der Waals surface area contributed by atoms with Gasteiger partial charge in [0.25, 0.3) is 0 Å². The Balaban J connectivity index is 4.81. The predicted molar refractivity (Wildman–Crippen MR) is 256 cm³/mol. The fourth-order valence-corrected chi connectivity index (χ4v) is 7.79. The molecule has 0 bridgehead atoms. The summed E-state index contributed by atoms with van der Waals surface area (Å²) >= 11 is 0. The van der Waals surface area contributed by atoms with E-state index in [1.54, 1.807) is 0 Å². The Hall–Kier alpha value is -2.69. The van der Waals surface area contributed by atoms with E-state index in [1.165, 1.54) is 89.9 Å². The molecule has 0 aliphatic heterocycles. The van der Waals surface area contributed by atoms with Crippen LogP contribution >= 0.6 is 0 Å². The van der Waals surface area contributed by atoms with Gasteiger partial charge >= 0.3 is 11.9 Å². The van der Waals surface area contributed by atoms with Gasteiger partial charge in [-0.2, -0.15) is 0 Å². The van der Waals surface area contributed by atoms with Crippen LogP contribution in [0.5, 0.6) is 0 Å². The molecule has 3 amide bonds. The Morgan fingerprint density at radius 1 is 0.435 bits per heavy atom. The highest BCUT2D eigenvalue weighted by molar-refractivity contribution is 5.88. The number of hydrogen-bond donors (Lipinski definition) is 3. The lowest BCUT2D eigenvalue weighted by Crippen LogP contribution is -2.47. The Kier molecular flexibility index (Phi) is 41.7. The Morgan fingerprint density at radius 2 is 0.839 bits per heavy atom. The number of esters is 2. The van der Waals surface area contributed by atoms with E-state index >= 15 is 0 Å². The number of amides is 3. The summed E-state index contributed by atoms with van der Waals surface area (Å²) in [6.07, 6.45) is 31.1. The third kappa shape index (κ3) is 36.8. The van der Waals surface area contributed by atoms with Crippen LogP contribution in [0.1, 0.15) is 233 Å². The van der Waals surface area contributed by atoms with Crippen molar-refractivity contribution in [1.82, 2.24) is 20.9 Å². The van der Waals surface area contributed by atoms with E-state index < -0.39 is 6.04 Å². The molecule has 0 aliphatic rings. The molecule has 0 aromatic rings. The van der Waals surface area contributed by atoms with Crippen LogP contribution in [0, 0.1) is 11.8 Å². The maximum atomic E-state index is 13.3. The van der Waals surface area contributed by atoms with Crippen molar-refractivity contribution in [2.45, 2.75) is 239 Å². The number of rotatable bonds is 45. The van der Waals surface area contributed by atoms with Crippen molar-refractivity contribution < 1.29 is 33.4 Å². The highest BCUT2D eigenvalue weighted by Gasteiger charge is 2.23. The van der Waals surface area contributed by atoms with Gasteiger partial charge < -0.3 is 30.3 Å². The van der Waals surface area contributed by atoms with E-state index in [9.17, 15) is 24.0 Å². The SMILES string of the molecule is CCCCCCCCC(CCCCCC)C(=O)OCCCCNC(=O)CCC(NC(=O)CCCN(C)C)C(=O)NCCCCOC(=O)C(CCCCCC)CCCCCCCC. The molecule has 0 aromatic carbocycles. The molecule has 3 unspecified atom stereocenters. The third-order valence-electron chi connectivity index (χ3n) is 11.9. The van der Waals surface area contributed by atoms with E-state index in [4.69, 9.17) is 9.47 Å². The molecule has 3 atom stereocenters. The lowest BCUT2D eigenvalue weighted by Gasteiger charge is -2.19. The summed E-state index contributed by atoms with van der Waals surface area (Å²) in [5.74, 6) is -0.945. The first-order chi connectivity index (χ1) is 30.1. The van der Waals surface area contributed by atoms with Crippen LogP contribution in [0.4, 0.5) is 0 Å². The molecule has 11 nitrogen and oxygen atoms in total. The molecule has 0 aliphatic carbocycles. The number of nitrogens with one attached hydrogen (secondary N) is 3. The largest absolute Gasteiger partial charge is 0.465 e. The molecule has 0 rings (SSSR count). The summed E-state index contributed by atoms with van der Waals surface area (Å²) in [5.41, 5.74) is 0. The van der Waals surface area contributed by atoms with Crippen molar-refractivity contribution in [2.24, 2.45) is 11.8 Å². The number of nitrogens with zero attached hydrogens (tertiary/aromatic N) is 1. The summed E-state index contributed by atoms with van der Waals surface area (Å²) in [4.78, 5) is 66.9. The van der Waals surface area contributed by atoms with Gasteiger partial charge in [-0.1, -0.05) is 156 Å². The second kappa shape index (κ2) is 43.6. The van der Waals surface area contributed by atoms with Crippen LogP contribution in [-0.2, 0) is 33.4 Å². The number of carbonyl (C=O) groups is 5. The summed E-state index contributed by atoms with van der Waals surface area (Å²) in [6, 6.07) is -0.827. The summed E-state index contributed by atoms with van der Waals surface area (Å²) < 4.78 is 11.4. The highest BCUT2D eigenvalue weighted by Crippen LogP contribution is 2.22. The molecular formula is C51H98N4O7. The van der Waals surface area contributed by atoms with Crippen LogP contribution in [0.2, 0.25) is 0 Å². The molecule has 3 N–H and O–H groups in total. The molecule has 0 saturated carbocycles. The Morgan fingerprint density at radius 3 is 1.27 bits per heavy atom. The number of carbonyl (C=O) groups excluding carboxylic acids is 5. The summed E-state index contributed by atoms with van der Waals surface area (Å²) in [6.45, 7) is 11.1. The Bertz CT molecular complexity index is 1100. The third-order valence-corrected chi connectivity index (χ3v) is 11.9. The minimum Gasteiger partial charge on any atom is -0.465 e. The fourth-order valence-electron chi connectivity index (χ4n) is 7.79. The van der Waals surface area contributed by atoms with Crippen molar-refractivity contribution in [3.05, 3.63) is 0 Å².